The first-order valence-corrected chi connectivity index (χ1v) is 11.4. The second-order valence-electron chi connectivity index (χ2n) is 10.5. The third kappa shape index (κ3) is 3.80. The van der Waals surface area contributed by atoms with E-state index in [1.165, 1.54) is 43.8 Å². The smallest absolute Gasteiger partial charge is 0.333 e. The molecule has 4 aliphatic rings. The number of carbonyl (C=O) groups is 1. The predicted molar refractivity (Wildman–Crippen MR) is 114 cm³/mol. The van der Waals surface area contributed by atoms with Gasteiger partial charge in [-0.05, 0) is 74.2 Å². The van der Waals surface area contributed by atoms with Gasteiger partial charge in [-0.2, -0.15) is 0 Å². The number of rotatable bonds is 4. The quantitative estimate of drug-likeness (QED) is 0.520. The molecule has 0 amide bonds. The number of esters is 1. The van der Waals surface area contributed by atoms with Crippen LogP contribution in [0.2, 0.25) is 0 Å². The molecule has 0 bridgehead atoms. The molecule has 30 heavy (non-hydrogen) atoms. The molecule has 1 fully saturated rings. The number of allylic oxidation sites excluding steroid dienone is 2. The summed E-state index contributed by atoms with van der Waals surface area (Å²) in [6.07, 6.45) is 9.05. The zero-order chi connectivity index (χ0) is 21.7. The minimum Gasteiger partial charge on any atom is -0.429 e. The number of ether oxygens (including phenoxy) is 2. The van der Waals surface area contributed by atoms with Crippen LogP contribution in [0.4, 0.5) is 0 Å². The van der Waals surface area contributed by atoms with E-state index in [-0.39, 0.29) is 5.41 Å². The maximum absolute atomic E-state index is 11.4. The van der Waals surface area contributed by atoms with E-state index in [9.17, 15) is 15.0 Å². The minimum absolute atomic E-state index is 0.254. The molecule has 4 rings (SSSR count). The average molecular weight is 417 g/mol. The molecule has 0 aromatic carbocycles. The Kier molecular flexibility index (Phi) is 5.75. The van der Waals surface area contributed by atoms with Crippen LogP contribution in [-0.4, -0.2) is 34.9 Å². The van der Waals surface area contributed by atoms with Crippen molar-refractivity contribution in [1.29, 1.82) is 0 Å². The molecule has 0 saturated heterocycles. The van der Waals surface area contributed by atoms with Crippen molar-refractivity contribution < 1.29 is 24.5 Å². The fraction of sp³-hybridized carbons (Fsp3) is 0.720. The first-order valence-electron chi connectivity index (χ1n) is 11.4. The minimum atomic E-state index is -1.27. The number of hydrogen-bond donors (Lipinski definition) is 2. The van der Waals surface area contributed by atoms with Crippen molar-refractivity contribution in [2.45, 2.75) is 97.7 Å². The van der Waals surface area contributed by atoms with Gasteiger partial charge in [0.15, 0.2) is 6.29 Å². The van der Waals surface area contributed by atoms with Gasteiger partial charge >= 0.3 is 5.97 Å². The number of fused-ring (bicyclic) bond motifs is 1. The van der Waals surface area contributed by atoms with Crippen LogP contribution in [0.3, 0.4) is 0 Å². The van der Waals surface area contributed by atoms with Gasteiger partial charge in [-0.25, -0.2) is 4.79 Å². The molecule has 2 heterocycles. The monoisotopic (exact) mass is 416 g/mol. The Labute approximate surface area is 179 Å². The van der Waals surface area contributed by atoms with Crippen LogP contribution in [0.15, 0.2) is 34.4 Å². The van der Waals surface area contributed by atoms with Crippen molar-refractivity contribution in [3.63, 3.8) is 0 Å². The van der Waals surface area contributed by atoms with Crippen LogP contribution in [0, 0.1) is 16.7 Å². The summed E-state index contributed by atoms with van der Waals surface area (Å²) in [5.74, 6) is 0.153. The summed E-state index contributed by atoms with van der Waals surface area (Å²) in [6.45, 7) is 9.64. The first kappa shape index (κ1) is 21.8. The maximum atomic E-state index is 11.4. The molecule has 1 saturated carbocycles. The molecular weight excluding hydrogens is 380 g/mol. The van der Waals surface area contributed by atoms with Gasteiger partial charge < -0.3 is 19.7 Å². The SMILES string of the molecule is CC1=C(CCC2=CCC(C3=CC(=O)OC3O)OC2O)[C@@]2(C)CCCC(C)(C)C2CC1. The summed E-state index contributed by atoms with van der Waals surface area (Å²) in [5.41, 5.74) is 5.05. The van der Waals surface area contributed by atoms with E-state index in [1.807, 2.05) is 6.08 Å². The Morgan fingerprint density at radius 3 is 2.57 bits per heavy atom. The lowest BCUT2D eigenvalue weighted by Gasteiger charge is -2.55. The highest BCUT2D eigenvalue weighted by Gasteiger charge is 2.49. The first-order chi connectivity index (χ1) is 14.1. The van der Waals surface area contributed by atoms with E-state index < -0.39 is 24.7 Å². The molecule has 2 aliphatic heterocycles. The van der Waals surface area contributed by atoms with Crippen LogP contribution in [0.1, 0.15) is 79.1 Å². The topological polar surface area (TPSA) is 76.0 Å². The highest BCUT2D eigenvalue weighted by Crippen LogP contribution is 2.60. The Morgan fingerprint density at radius 1 is 1.13 bits per heavy atom. The summed E-state index contributed by atoms with van der Waals surface area (Å²) in [4.78, 5) is 11.4. The van der Waals surface area contributed by atoms with Crippen LogP contribution in [0.25, 0.3) is 0 Å². The summed E-state index contributed by atoms with van der Waals surface area (Å²) in [5, 5.41) is 20.4. The molecule has 0 aromatic rings. The zero-order valence-electron chi connectivity index (χ0n) is 18.7. The largest absolute Gasteiger partial charge is 0.429 e. The van der Waals surface area contributed by atoms with Crippen LogP contribution in [0.5, 0.6) is 0 Å². The van der Waals surface area contributed by atoms with E-state index in [0.717, 1.165) is 24.3 Å². The second-order valence-corrected chi connectivity index (χ2v) is 10.5. The van der Waals surface area contributed by atoms with Gasteiger partial charge in [0.2, 0.25) is 6.29 Å². The summed E-state index contributed by atoms with van der Waals surface area (Å²) < 4.78 is 10.5. The predicted octanol–water partition coefficient (Wildman–Crippen LogP) is 4.54. The lowest BCUT2D eigenvalue weighted by Crippen LogP contribution is -2.45. The third-order valence-corrected chi connectivity index (χ3v) is 8.28. The fourth-order valence-electron chi connectivity index (χ4n) is 6.73. The molecule has 2 N–H and O–H groups in total. The van der Waals surface area contributed by atoms with Gasteiger partial charge in [0.1, 0.15) is 0 Å². The standard InChI is InChI=1S/C25H36O5/c1-15-6-11-20-24(2,3)12-5-13-25(20,4)18(15)9-7-16-8-10-19(29-22(16)27)17-14-21(26)30-23(17)28/h8,14,19-20,22-23,27-28H,5-7,9-13H2,1-4H3/t19?,20?,22?,23?,25-/m1/s1. The molecule has 5 heteroatoms. The van der Waals surface area contributed by atoms with Gasteiger partial charge in [-0.15, -0.1) is 0 Å². The Balaban J connectivity index is 1.46. The molecule has 4 unspecified atom stereocenters. The van der Waals surface area contributed by atoms with Gasteiger partial charge in [-0.3, -0.25) is 0 Å². The lowest BCUT2D eigenvalue weighted by molar-refractivity contribution is -0.155. The third-order valence-electron chi connectivity index (χ3n) is 8.28. The Hall–Kier alpha value is -1.43. The molecular formula is C25H36O5. The average Bonchev–Trinajstić information content (AvgIpc) is 2.99. The van der Waals surface area contributed by atoms with Crippen LogP contribution >= 0.6 is 0 Å². The van der Waals surface area contributed by atoms with E-state index in [2.05, 4.69) is 27.7 Å². The summed E-state index contributed by atoms with van der Waals surface area (Å²) in [7, 11) is 0. The van der Waals surface area contributed by atoms with E-state index >= 15 is 0 Å². The molecule has 5 nitrogen and oxygen atoms in total. The normalized spacial score (nSPS) is 38.7. The van der Waals surface area contributed by atoms with Crippen LogP contribution < -0.4 is 0 Å². The molecule has 166 valence electrons. The van der Waals surface area contributed by atoms with Crippen molar-refractivity contribution in [2.24, 2.45) is 16.7 Å². The maximum Gasteiger partial charge on any atom is 0.333 e. The summed E-state index contributed by atoms with van der Waals surface area (Å²) in [6, 6.07) is 0. The molecule has 0 radical (unpaired) electrons. The molecule has 0 aromatic heterocycles. The number of aliphatic hydroxyl groups is 2. The number of carbonyl (C=O) groups excluding carboxylic acids is 1. The zero-order valence-corrected chi connectivity index (χ0v) is 18.7. The Morgan fingerprint density at radius 2 is 1.90 bits per heavy atom. The molecule has 2 aliphatic carbocycles. The number of aliphatic hydroxyl groups excluding tert-OH is 2. The van der Waals surface area contributed by atoms with Crippen LogP contribution in [-0.2, 0) is 14.3 Å². The van der Waals surface area contributed by atoms with Gasteiger partial charge in [0.05, 0.1) is 6.10 Å². The van der Waals surface area contributed by atoms with Crippen molar-refractivity contribution in [3.8, 4) is 0 Å². The molecule has 5 atom stereocenters. The highest BCUT2D eigenvalue weighted by atomic mass is 16.6. The van der Waals surface area contributed by atoms with Crippen molar-refractivity contribution >= 4 is 5.97 Å². The van der Waals surface area contributed by atoms with Gasteiger partial charge in [0.25, 0.3) is 0 Å². The van der Waals surface area contributed by atoms with Gasteiger partial charge in [0, 0.05) is 11.6 Å². The van der Waals surface area contributed by atoms with Crippen molar-refractivity contribution in [3.05, 3.63) is 34.4 Å². The summed E-state index contributed by atoms with van der Waals surface area (Å²) >= 11 is 0. The lowest BCUT2D eigenvalue weighted by atomic mass is 9.50. The van der Waals surface area contributed by atoms with Crippen molar-refractivity contribution in [1.82, 2.24) is 0 Å². The van der Waals surface area contributed by atoms with Crippen molar-refractivity contribution in [2.75, 3.05) is 0 Å². The fourth-order valence-corrected chi connectivity index (χ4v) is 6.73. The number of cyclic esters (lactones) is 1. The second kappa shape index (κ2) is 7.92. The van der Waals surface area contributed by atoms with E-state index in [0.29, 0.717) is 17.4 Å². The highest BCUT2D eigenvalue weighted by molar-refractivity contribution is 5.85. The Bertz CT molecular complexity index is 804. The van der Waals surface area contributed by atoms with E-state index in [4.69, 9.17) is 9.47 Å². The number of hydrogen-bond acceptors (Lipinski definition) is 5. The van der Waals surface area contributed by atoms with Gasteiger partial charge in [-0.1, -0.05) is 44.4 Å². The van der Waals surface area contributed by atoms with E-state index in [1.54, 1.807) is 5.57 Å². The molecule has 0 spiro atoms.